The lowest BCUT2D eigenvalue weighted by molar-refractivity contribution is 0.0919. The average Bonchev–Trinajstić information content (AvgIpc) is 2.60. The second-order valence-electron chi connectivity index (χ2n) is 7.16. The van der Waals surface area contributed by atoms with Gasteiger partial charge >= 0.3 is 0 Å². The zero-order valence-corrected chi connectivity index (χ0v) is 16.5. The van der Waals surface area contributed by atoms with E-state index in [9.17, 15) is 13.2 Å². The van der Waals surface area contributed by atoms with Crippen LogP contribution in [0.5, 0.6) is 0 Å². The van der Waals surface area contributed by atoms with E-state index in [1.54, 1.807) is 54.6 Å². The Balaban J connectivity index is 2.12. The molecule has 140 valence electrons. The second-order valence-corrected chi connectivity index (χ2v) is 9.15. The first-order chi connectivity index (χ1) is 12.1. The number of hydrogen-bond donors (Lipinski definition) is 1. The summed E-state index contributed by atoms with van der Waals surface area (Å²) in [4.78, 5) is 14.7. The summed E-state index contributed by atoms with van der Waals surface area (Å²) in [6.45, 7) is 4.57. The minimum Gasteiger partial charge on any atom is -0.350 e. The molecule has 0 aromatic heterocycles. The maximum absolute atomic E-state index is 12.5. The Morgan fingerprint density at radius 1 is 1.04 bits per heavy atom. The van der Waals surface area contributed by atoms with E-state index in [0.717, 1.165) is 0 Å². The molecular formula is C20H26N2O3S. The number of carbonyl (C=O) groups excluding carboxylic acids is 1. The third-order valence-electron chi connectivity index (χ3n) is 4.54. The van der Waals surface area contributed by atoms with Gasteiger partial charge < -0.3 is 10.2 Å². The van der Waals surface area contributed by atoms with Crippen molar-refractivity contribution < 1.29 is 13.2 Å². The van der Waals surface area contributed by atoms with E-state index in [0.29, 0.717) is 17.7 Å². The van der Waals surface area contributed by atoms with Crippen LogP contribution in [0.15, 0.2) is 59.5 Å². The van der Waals surface area contributed by atoms with Gasteiger partial charge in [0.05, 0.1) is 10.6 Å². The molecule has 2 rings (SSSR count). The Morgan fingerprint density at radius 2 is 1.69 bits per heavy atom. The molecule has 6 heteroatoms. The molecule has 5 nitrogen and oxygen atoms in total. The molecule has 0 aliphatic heterocycles. The van der Waals surface area contributed by atoms with Crippen molar-refractivity contribution in [2.45, 2.75) is 30.0 Å². The van der Waals surface area contributed by atoms with E-state index in [-0.39, 0.29) is 22.1 Å². The van der Waals surface area contributed by atoms with Gasteiger partial charge in [0.2, 0.25) is 0 Å². The first-order valence-corrected chi connectivity index (χ1v) is 10.1. The maximum Gasteiger partial charge on any atom is 0.251 e. The van der Waals surface area contributed by atoms with Gasteiger partial charge in [0.15, 0.2) is 9.84 Å². The predicted octanol–water partition coefficient (Wildman–Crippen LogP) is 2.73. The van der Waals surface area contributed by atoms with Gasteiger partial charge in [0.1, 0.15) is 0 Å². The van der Waals surface area contributed by atoms with Crippen LogP contribution in [0, 0.1) is 0 Å². The quantitative estimate of drug-likeness (QED) is 0.809. The fourth-order valence-corrected chi connectivity index (χ4v) is 3.65. The van der Waals surface area contributed by atoms with E-state index in [4.69, 9.17) is 0 Å². The van der Waals surface area contributed by atoms with Crippen LogP contribution >= 0.6 is 0 Å². The largest absolute Gasteiger partial charge is 0.350 e. The first kappa shape index (κ1) is 20.1. The molecule has 0 spiro atoms. The Hall–Kier alpha value is -2.18. The summed E-state index contributed by atoms with van der Waals surface area (Å²) in [5.41, 5.74) is 0.873. The van der Waals surface area contributed by atoms with Crippen molar-refractivity contribution in [3.05, 3.63) is 65.7 Å². The maximum atomic E-state index is 12.5. The third-order valence-corrected chi connectivity index (χ3v) is 6.24. The van der Waals surface area contributed by atoms with Crippen LogP contribution in [0.2, 0.25) is 0 Å². The Morgan fingerprint density at radius 3 is 2.31 bits per heavy atom. The molecule has 0 saturated carbocycles. The topological polar surface area (TPSA) is 66.5 Å². The molecule has 0 radical (unpaired) electrons. The van der Waals surface area contributed by atoms with Crippen LogP contribution < -0.4 is 5.32 Å². The van der Waals surface area contributed by atoms with Gasteiger partial charge in [-0.15, -0.1) is 0 Å². The molecule has 0 bridgehead atoms. The second kappa shape index (κ2) is 8.01. The van der Waals surface area contributed by atoms with Crippen LogP contribution in [0.1, 0.15) is 29.8 Å². The van der Waals surface area contributed by atoms with Crippen LogP contribution in [-0.2, 0) is 15.6 Å². The highest BCUT2D eigenvalue weighted by Crippen LogP contribution is 2.17. The fourth-order valence-electron chi connectivity index (χ4n) is 2.29. The lowest BCUT2D eigenvalue weighted by Crippen LogP contribution is -2.48. The normalized spacial score (nSPS) is 12.2. The van der Waals surface area contributed by atoms with Gasteiger partial charge in [0.25, 0.3) is 5.91 Å². The van der Waals surface area contributed by atoms with Gasteiger partial charge in [-0.25, -0.2) is 8.42 Å². The summed E-state index contributed by atoms with van der Waals surface area (Å²) in [5, 5.41) is 2.91. The monoisotopic (exact) mass is 374 g/mol. The molecular weight excluding hydrogens is 348 g/mol. The minimum atomic E-state index is -3.44. The summed E-state index contributed by atoms with van der Waals surface area (Å²) >= 11 is 0. The predicted molar refractivity (Wildman–Crippen MR) is 104 cm³/mol. The van der Waals surface area contributed by atoms with Crippen LogP contribution in [0.25, 0.3) is 0 Å². The van der Waals surface area contributed by atoms with Gasteiger partial charge in [-0.3, -0.25) is 4.79 Å². The van der Waals surface area contributed by atoms with Gasteiger partial charge in [-0.1, -0.05) is 30.3 Å². The number of likely N-dealkylation sites (N-methyl/N-ethyl adjacent to an activating group) is 1. The van der Waals surface area contributed by atoms with Crippen LogP contribution in [0.3, 0.4) is 0 Å². The SMILES string of the molecule is CN(C)C(C)(C)CNC(=O)c1cccc(CS(=O)(=O)c2ccccc2)c1. The van der Waals surface area contributed by atoms with Gasteiger partial charge in [0, 0.05) is 17.6 Å². The number of rotatable bonds is 7. The van der Waals surface area contributed by atoms with E-state index >= 15 is 0 Å². The molecule has 1 amide bonds. The third kappa shape index (κ3) is 5.16. The number of nitrogens with zero attached hydrogens (tertiary/aromatic N) is 1. The highest BCUT2D eigenvalue weighted by atomic mass is 32.2. The number of sulfone groups is 1. The molecule has 0 aliphatic rings. The lowest BCUT2D eigenvalue weighted by Gasteiger charge is -2.32. The number of carbonyl (C=O) groups is 1. The van der Waals surface area contributed by atoms with Crippen LogP contribution in [0.4, 0.5) is 0 Å². The first-order valence-electron chi connectivity index (χ1n) is 8.44. The fraction of sp³-hybridized carbons (Fsp3) is 0.350. The number of benzene rings is 2. The standard InChI is InChI=1S/C20H26N2O3S/c1-20(2,22(3)4)15-21-19(23)17-10-8-9-16(13-17)14-26(24,25)18-11-6-5-7-12-18/h5-13H,14-15H2,1-4H3,(H,21,23). The molecule has 26 heavy (non-hydrogen) atoms. The van der Waals surface area contributed by atoms with Crippen molar-refractivity contribution >= 4 is 15.7 Å². The average molecular weight is 375 g/mol. The molecule has 0 unspecified atom stereocenters. The molecule has 0 fully saturated rings. The number of amides is 1. The van der Waals surface area contributed by atoms with Gasteiger partial charge in [-0.05, 0) is 57.8 Å². The summed E-state index contributed by atoms with van der Waals surface area (Å²) in [7, 11) is 0.478. The van der Waals surface area contributed by atoms with Crippen molar-refractivity contribution in [1.82, 2.24) is 10.2 Å². The van der Waals surface area contributed by atoms with E-state index in [2.05, 4.69) is 5.32 Å². The lowest BCUT2D eigenvalue weighted by atomic mass is 10.0. The highest BCUT2D eigenvalue weighted by Gasteiger charge is 2.22. The minimum absolute atomic E-state index is 0.138. The summed E-state index contributed by atoms with van der Waals surface area (Å²) < 4.78 is 25.0. The highest BCUT2D eigenvalue weighted by molar-refractivity contribution is 7.90. The van der Waals surface area contributed by atoms with Crippen molar-refractivity contribution in [1.29, 1.82) is 0 Å². The number of nitrogens with one attached hydrogen (secondary N) is 1. The van der Waals surface area contributed by atoms with E-state index in [1.165, 1.54) is 0 Å². The molecule has 2 aromatic rings. The van der Waals surface area contributed by atoms with Crippen molar-refractivity contribution in [2.24, 2.45) is 0 Å². The summed E-state index contributed by atoms with van der Waals surface area (Å²) in [6, 6.07) is 15.1. The molecule has 1 N–H and O–H groups in total. The molecule has 0 atom stereocenters. The summed E-state index contributed by atoms with van der Waals surface area (Å²) in [6.07, 6.45) is 0. The molecule has 0 heterocycles. The molecule has 2 aromatic carbocycles. The van der Waals surface area contributed by atoms with Crippen molar-refractivity contribution in [3.63, 3.8) is 0 Å². The Labute approximate surface area is 156 Å². The molecule has 0 aliphatic carbocycles. The number of hydrogen-bond acceptors (Lipinski definition) is 4. The van der Waals surface area contributed by atoms with Crippen LogP contribution in [-0.4, -0.2) is 45.4 Å². The smallest absolute Gasteiger partial charge is 0.251 e. The Kier molecular flexibility index (Phi) is 6.21. The Bertz CT molecular complexity index is 860. The zero-order valence-electron chi connectivity index (χ0n) is 15.7. The van der Waals surface area contributed by atoms with Crippen molar-refractivity contribution in [3.8, 4) is 0 Å². The van der Waals surface area contributed by atoms with E-state index < -0.39 is 9.84 Å². The van der Waals surface area contributed by atoms with Gasteiger partial charge in [-0.2, -0.15) is 0 Å². The molecule has 0 saturated heterocycles. The van der Waals surface area contributed by atoms with Crippen molar-refractivity contribution in [2.75, 3.05) is 20.6 Å². The van der Waals surface area contributed by atoms with E-state index in [1.807, 2.05) is 32.8 Å². The zero-order chi connectivity index (χ0) is 19.4. The summed E-state index contributed by atoms with van der Waals surface area (Å²) in [5.74, 6) is -0.347.